The molecule has 2 aromatic rings. The lowest BCUT2D eigenvalue weighted by Crippen LogP contribution is -2.37. The monoisotopic (exact) mass is 414 g/mol. The highest BCUT2D eigenvalue weighted by molar-refractivity contribution is 7.83. The molecule has 0 bridgehead atoms. The molecule has 0 aliphatic carbocycles. The van der Waals surface area contributed by atoms with E-state index in [0.29, 0.717) is 4.90 Å². The maximum Gasteiger partial charge on any atom is 0.225 e. The first kappa shape index (κ1) is 23.3. The van der Waals surface area contributed by atoms with Crippen LogP contribution in [0.2, 0.25) is 0 Å². The fraction of sp³-hybridized carbons (Fsp3) is 0.458. The van der Waals surface area contributed by atoms with Gasteiger partial charge in [0.15, 0.2) is 0 Å². The molecule has 0 radical (unpaired) electrons. The molecule has 0 aromatic heterocycles. The van der Waals surface area contributed by atoms with E-state index < -0.39 is 16.4 Å². The Morgan fingerprint density at radius 2 is 1.45 bits per heavy atom. The summed E-state index contributed by atoms with van der Waals surface area (Å²) in [5, 5.41) is 3.05. The third kappa shape index (κ3) is 6.25. The fourth-order valence-corrected chi connectivity index (χ4v) is 4.55. The third-order valence-corrected chi connectivity index (χ3v) is 6.06. The first-order valence-corrected chi connectivity index (χ1v) is 11.2. The zero-order chi connectivity index (χ0) is 21.8. The van der Waals surface area contributed by atoms with Gasteiger partial charge in [0.1, 0.15) is 11.0 Å². The maximum atomic E-state index is 13.4. The summed E-state index contributed by atoms with van der Waals surface area (Å²) in [6, 6.07) is 17.3. The molecule has 0 aliphatic rings. The van der Waals surface area contributed by atoms with Crippen molar-refractivity contribution < 1.29 is 9.00 Å². The van der Waals surface area contributed by atoms with Crippen molar-refractivity contribution in [2.75, 3.05) is 0 Å². The van der Waals surface area contributed by atoms with Gasteiger partial charge in [-0.15, -0.1) is 0 Å². The lowest BCUT2D eigenvalue weighted by Gasteiger charge is -2.32. The summed E-state index contributed by atoms with van der Waals surface area (Å²) >= 11 is 0. The van der Waals surface area contributed by atoms with Crippen molar-refractivity contribution in [2.45, 2.75) is 65.4 Å². The first-order valence-electron chi connectivity index (χ1n) is 10.0. The molecule has 0 saturated heterocycles. The highest BCUT2D eigenvalue weighted by Crippen LogP contribution is 2.34. The Labute approximate surface area is 178 Å². The van der Waals surface area contributed by atoms with Crippen molar-refractivity contribution in [3.05, 3.63) is 65.7 Å². The van der Waals surface area contributed by atoms with Gasteiger partial charge in [-0.2, -0.15) is 0 Å². The zero-order valence-electron chi connectivity index (χ0n) is 18.6. The van der Waals surface area contributed by atoms with Gasteiger partial charge in [-0.1, -0.05) is 90.1 Å². The van der Waals surface area contributed by atoms with Crippen LogP contribution in [0, 0.1) is 10.8 Å². The van der Waals surface area contributed by atoms with E-state index in [0.717, 1.165) is 11.1 Å². The summed E-state index contributed by atoms with van der Waals surface area (Å²) in [6.07, 6.45) is 0. The molecule has 0 heterocycles. The topological polar surface area (TPSA) is 58.2 Å². The molecule has 1 unspecified atom stereocenters. The molecular formula is C24H34N2O2S. The number of rotatable bonds is 6. The summed E-state index contributed by atoms with van der Waals surface area (Å²) in [7, 11) is -1.43. The Bertz CT molecular complexity index is 851. The van der Waals surface area contributed by atoms with E-state index in [-0.39, 0.29) is 23.4 Å². The molecule has 2 aromatic carbocycles. The Hall–Kier alpha value is -1.98. The van der Waals surface area contributed by atoms with Gasteiger partial charge >= 0.3 is 0 Å². The van der Waals surface area contributed by atoms with E-state index in [1.165, 1.54) is 0 Å². The molecule has 29 heavy (non-hydrogen) atoms. The molecule has 0 fully saturated rings. The zero-order valence-corrected chi connectivity index (χ0v) is 19.4. The average molecular weight is 415 g/mol. The number of nitrogens with one attached hydrogen (secondary N) is 2. The van der Waals surface area contributed by atoms with E-state index in [1.807, 2.05) is 70.2 Å². The Balaban J connectivity index is 2.30. The normalized spacial score (nSPS) is 15.4. The van der Waals surface area contributed by atoms with Gasteiger partial charge in [-0.05, 0) is 29.5 Å². The van der Waals surface area contributed by atoms with E-state index in [1.54, 1.807) is 0 Å². The van der Waals surface area contributed by atoms with Gasteiger partial charge in [0.25, 0.3) is 0 Å². The minimum atomic E-state index is -1.43. The van der Waals surface area contributed by atoms with Gasteiger partial charge in [-0.3, -0.25) is 4.79 Å². The molecule has 0 saturated carbocycles. The highest BCUT2D eigenvalue weighted by Gasteiger charge is 2.29. The molecule has 0 spiro atoms. The van der Waals surface area contributed by atoms with Crippen LogP contribution in [0.3, 0.4) is 0 Å². The second-order valence-corrected chi connectivity index (χ2v) is 10.8. The van der Waals surface area contributed by atoms with Crippen LogP contribution in [0.15, 0.2) is 59.5 Å². The highest BCUT2D eigenvalue weighted by atomic mass is 32.2. The molecule has 158 valence electrons. The number of hydrogen-bond acceptors (Lipinski definition) is 2. The number of carbonyl (C=O) groups excluding carboxylic acids is 1. The molecule has 5 heteroatoms. The van der Waals surface area contributed by atoms with Crippen LogP contribution in [0.1, 0.15) is 71.7 Å². The first-order chi connectivity index (χ1) is 13.4. The summed E-state index contributed by atoms with van der Waals surface area (Å²) < 4.78 is 16.7. The van der Waals surface area contributed by atoms with Crippen LogP contribution in [0.4, 0.5) is 0 Å². The third-order valence-electron chi connectivity index (χ3n) is 4.84. The quantitative estimate of drug-likeness (QED) is 0.673. The van der Waals surface area contributed by atoms with E-state index >= 15 is 0 Å². The average Bonchev–Trinajstić information content (AvgIpc) is 2.64. The van der Waals surface area contributed by atoms with Gasteiger partial charge in [0, 0.05) is 11.5 Å². The van der Waals surface area contributed by atoms with Crippen molar-refractivity contribution >= 4 is 16.9 Å². The van der Waals surface area contributed by atoms with E-state index in [9.17, 15) is 9.00 Å². The largest absolute Gasteiger partial charge is 0.349 e. The summed E-state index contributed by atoms with van der Waals surface area (Å²) in [4.78, 5) is 13.1. The predicted octanol–water partition coefficient (Wildman–Crippen LogP) is 5.31. The molecule has 2 rings (SSSR count). The minimum absolute atomic E-state index is 0.0320. The smallest absolute Gasteiger partial charge is 0.225 e. The summed E-state index contributed by atoms with van der Waals surface area (Å²) in [5.41, 5.74) is 1.35. The minimum Gasteiger partial charge on any atom is -0.349 e. The lowest BCUT2D eigenvalue weighted by molar-refractivity contribution is -0.129. The van der Waals surface area contributed by atoms with Crippen molar-refractivity contribution in [3.8, 4) is 0 Å². The van der Waals surface area contributed by atoms with Crippen molar-refractivity contribution in [1.29, 1.82) is 0 Å². The maximum absolute atomic E-state index is 13.4. The summed E-state index contributed by atoms with van der Waals surface area (Å²) in [5.74, 6) is -0.0320. The van der Waals surface area contributed by atoms with Crippen molar-refractivity contribution in [2.24, 2.45) is 10.8 Å². The van der Waals surface area contributed by atoms with Crippen LogP contribution < -0.4 is 10.0 Å². The van der Waals surface area contributed by atoms with Crippen LogP contribution in [0.25, 0.3) is 0 Å². The Morgan fingerprint density at radius 3 is 2.00 bits per heavy atom. The van der Waals surface area contributed by atoms with Crippen molar-refractivity contribution in [3.63, 3.8) is 0 Å². The van der Waals surface area contributed by atoms with Gasteiger partial charge in [0.2, 0.25) is 5.91 Å². The SMILES string of the molecule is C[C@@H](NC(=O)C(C)(C)C)c1ccccc1S(=O)N[C@@H](c1ccccc1)C(C)(C)C. The standard InChI is InChI=1S/C24H34N2O2S/c1-17(25-22(27)24(5,6)7)19-15-11-12-16-20(19)29(28)26-21(23(2,3)4)18-13-9-8-10-14-18/h8-17,21,26H,1-7H3,(H,25,27)/t17-,21+,29?/m1/s1. The second kappa shape index (κ2) is 9.23. The van der Waals surface area contributed by atoms with E-state index in [4.69, 9.17) is 0 Å². The van der Waals surface area contributed by atoms with E-state index in [2.05, 4.69) is 42.9 Å². The Kier molecular flexibility index (Phi) is 7.41. The number of carbonyl (C=O) groups is 1. The van der Waals surface area contributed by atoms with Crippen molar-refractivity contribution in [1.82, 2.24) is 10.0 Å². The molecule has 1 amide bonds. The molecule has 2 N–H and O–H groups in total. The van der Waals surface area contributed by atoms with Crippen LogP contribution >= 0.6 is 0 Å². The van der Waals surface area contributed by atoms with Gasteiger partial charge in [0.05, 0.1) is 10.9 Å². The fourth-order valence-electron chi connectivity index (χ4n) is 3.06. The van der Waals surface area contributed by atoms with Gasteiger partial charge < -0.3 is 5.32 Å². The molecular weight excluding hydrogens is 380 g/mol. The number of benzene rings is 2. The lowest BCUT2D eigenvalue weighted by atomic mass is 9.83. The summed E-state index contributed by atoms with van der Waals surface area (Å²) in [6.45, 7) is 14.0. The number of amides is 1. The van der Waals surface area contributed by atoms with Gasteiger partial charge in [-0.25, -0.2) is 8.93 Å². The number of hydrogen-bond donors (Lipinski definition) is 2. The molecule has 3 atom stereocenters. The van der Waals surface area contributed by atoms with Crippen LogP contribution in [0.5, 0.6) is 0 Å². The predicted molar refractivity (Wildman–Crippen MR) is 121 cm³/mol. The molecule has 4 nitrogen and oxygen atoms in total. The second-order valence-electron chi connectivity index (χ2n) is 9.58. The van der Waals surface area contributed by atoms with Crippen LogP contribution in [-0.4, -0.2) is 10.1 Å². The molecule has 0 aliphatic heterocycles. The van der Waals surface area contributed by atoms with Crippen LogP contribution in [-0.2, 0) is 15.8 Å². The Morgan fingerprint density at radius 1 is 0.897 bits per heavy atom.